The SMILES string of the molecule is O=C1N[C@@H](C(=O)N2CCC(c3cc(Cc4ccccc4)[nH]n3)CC2)CO1. The Kier molecular flexibility index (Phi) is 4.60. The van der Waals surface area contributed by atoms with Gasteiger partial charge < -0.3 is 15.0 Å². The van der Waals surface area contributed by atoms with Crippen LogP contribution in [0.25, 0.3) is 0 Å². The van der Waals surface area contributed by atoms with Gasteiger partial charge in [-0.2, -0.15) is 5.10 Å². The lowest BCUT2D eigenvalue weighted by Gasteiger charge is -2.32. The second kappa shape index (κ2) is 7.19. The Labute approximate surface area is 151 Å². The van der Waals surface area contributed by atoms with Crippen molar-refractivity contribution in [2.24, 2.45) is 0 Å². The molecule has 0 unspecified atom stereocenters. The van der Waals surface area contributed by atoms with Crippen molar-refractivity contribution in [2.75, 3.05) is 19.7 Å². The van der Waals surface area contributed by atoms with E-state index in [0.29, 0.717) is 19.0 Å². The first-order valence-corrected chi connectivity index (χ1v) is 8.99. The second-order valence-electron chi connectivity index (χ2n) is 6.88. The van der Waals surface area contributed by atoms with E-state index >= 15 is 0 Å². The zero-order valence-corrected chi connectivity index (χ0v) is 14.5. The number of rotatable bonds is 4. The third kappa shape index (κ3) is 3.56. The van der Waals surface area contributed by atoms with E-state index < -0.39 is 12.1 Å². The van der Waals surface area contributed by atoms with Gasteiger partial charge in [0.1, 0.15) is 12.6 Å². The average Bonchev–Trinajstić information content (AvgIpc) is 3.31. The molecular weight excluding hydrogens is 332 g/mol. The maximum Gasteiger partial charge on any atom is 0.407 e. The van der Waals surface area contributed by atoms with Crippen molar-refractivity contribution in [2.45, 2.75) is 31.2 Å². The number of aromatic amines is 1. The number of benzene rings is 1. The van der Waals surface area contributed by atoms with E-state index in [-0.39, 0.29) is 12.5 Å². The molecule has 2 fully saturated rings. The number of H-pyrrole nitrogens is 1. The normalized spacial score (nSPS) is 20.7. The van der Waals surface area contributed by atoms with E-state index in [2.05, 4.69) is 33.7 Å². The summed E-state index contributed by atoms with van der Waals surface area (Å²) < 4.78 is 4.81. The fourth-order valence-electron chi connectivity index (χ4n) is 3.63. The molecule has 1 aromatic heterocycles. The molecule has 0 aliphatic carbocycles. The van der Waals surface area contributed by atoms with E-state index in [1.165, 1.54) is 5.56 Å². The molecule has 4 rings (SSSR count). The number of hydrogen-bond acceptors (Lipinski definition) is 4. The van der Waals surface area contributed by atoms with Gasteiger partial charge in [-0.1, -0.05) is 30.3 Å². The number of alkyl carbamates (subject to hydrolysis) is 1. The fraction of sp³-hybridized carbons (Fsp3) is 0.421. The van der Waals surface area contributed by atoms with Crippen molar-refractivity contribution in [3.8, 4) is 0 Å². The number of cyclic esters (lactones) is 1. The number of likely N-dealkylation sites (tertiary alicyclic amines) is 1. The molecular formula is C19H22N4O3. The molecule has 1 atom stereocenters. The van der Waals surface area contributed by atoms with Crippen molar-refractivity contribution < 1.29 is 14.3 Å². The van der Waals surface area contributed by atoms with Gasteiger partial charge in [0.25, 0.3) is 0 Å². The standard InChI is InChI=1S/C19H22N4O3/c24-18(17-12-26-19(25)20-17)23-8-6-14(7-9-23)16-11-15(21-22-16)10-13-4-2-1-3-5-13/h1-5,11,14,17H,6-10,12H2,(H,20,25)(H,21,22)/t17-/m1/s1. The van der Waals surface area contributed by atoms with E-state index in [9.17, 15) is 9.59 Å². The number of piperidine rings is 1. The van der Waals surface area contributed by atoms with Gasteiger partial charge in [0.15, 0.2) is 0 Å². The van der Waals surface area contributed by atoms with Crippen LogP contribution in [0.15, 0.2) is 36.4 Å². The number of amides is 2. The summed E-state index contributed by atoms with van der Waals surface area (Å²) in [5.41, 5.74) is 3.43. The highest BCUT2D eigenvalue weighted by atomic mass is 16.6. The van der Waals surface area contributed by atoms with Crippen LogP contribution >= 0.6 is 0 Å². The number of carbonyl (C=O) groups is 2. The summed E-state index contributed by atoms with van der Waals surface area (Å²) in [6, 6.07) is 11.9. The summed E-state index contributed by atoms with van der Waals surface area (Å²) in [6.45, 7) is 1.48. The number of nitrogens with zero attached hydrogens (tertiary/aromatic N) is 2. The smallest absolute Gasteiger partial charge is 0.407 e. The minimum absolute atomic E-state index is 0.0545. The van der Waals surface area contributed by atoms with Gasteiger partial charge >= 0.3 is 6.09 Å². The van der Waals surface area contributed by atoms with E-state index in [0.717, 1.165) is 30.7 Å². The first kappa shape index (κ1) is 16.6. The minimum Gasteiger partial charge on any atom is -0.447 e. The molecule has 2 amide bonds. The lowest BCUT2D eigenvalue weighted by atomic mass is 9.93. The zero-order chi connectivity index (χ0) is 17.9. The number of hydrogen-bond donors (Lipinski definition) is 2. The Morgan fingerprint density at radius 2 is 2.00 bits per heavy atom. The molecule has 7 heteroatoms. The first-order valence-electron chi connectivity index (χ1n) is 8.99. The van der Waals surface area contributed by atoms with Gasteiger partial charge in [0, 0.05) is 31.1 Å². The maximum absolute atomic E-state index is 12.4. The molecule has 1 aromatic carbocycles. The highest BCUT2D eigenvalue weighted by molar-refractivity contribution is 5.87. The number of carbonyl (C=O) groups excluding carboxylic acids is 2. The molecule has 7 nitrogen and oxygen atoms in total. The van der Waals surface area contributed by atoms with Crippen LogP contribution in [0.4, 0.5) is 4.79 Å². The van der Waals surface area contributed by atoms with E-state index in [1.54, 1.807) is 0 Å². The van der Waals surface area contributed by atoms with Gasteiger partial charge in [-0.05, 0) is 24.5 Å². The first-order chi connectivity index (χ1) is 12.7. The topological polar surface area (TPSA) is 87.3 Å². The third-order valence-corrected chi connectivity index (χ3v) is 5.08. The van der Waals surface area contributed by atoms with Crippen molar-refractivity contribution in [3.63, 3.8) is 0 Å². The molecule has 136 valence electrons. The van der Waals surface area contributed by atoms with Crippen molar-refractivity contribution in [1.29, 1.82) is 0 Å². The molecule has 0 spiro atoms. The van der Waals surface area contributed by atoms with Crippen molar-refractivity contribution in [3.05, 3.63) is 53.3 Å². The maximum atomic E-state index is 12.4. The summed E-state index contributed by atoms with van der Waals surface area (Å²) in [6.07, 6.45) is 2.08. The molecule has 2 saturated heterocycles. The lowest BCUT2D eigenvalue weighted by molar-refractivity contribution is -0.134. The van der Waals surface area contributed by atoms with Crippen LogP contribution < -0.4 is 5.32 Å². The van der Waals surface area contributed by atoms with Crippen molar-refractivity contribution in [1.82, 2.24) is 20.4 Å². The molecule has 3 heterocycles. The monoisotopic (exact) mass is 354 g/mol. The Balaban J connectivity index is 1.32. The summed E-state index contributed by atoms with van der Waals surface area (Å²) in [5.74, 6) is 0.301. The Hall–Kier alpha value is -2.83. The van der Waals surface area contributed by atoms with Gasteiger partial charge in [-0.15, -0.1) is 0 Å². The van der Waals surface area contributed by atoms with Gasteiger partial charge in [0.2, 0.25) is 5.91 Å². The molecule has 26 heavy (non-hydrogen) atoms. The largest absolute Gasteiger partial charge is 0.447 e. The van der Waals surface area contributed by atoms with Crippen LogP contribution in [0.5, 0.6) is 0 Å². The highest BCUT2D eigenvalue weighted by Gasteiger charge is 2.34. The quantitative estimate of drug-likeness (QED) is 0.877. The molecule has 2 N–H and O–H groups in total. The predicted octanol–water partition coefficient (Wildman–Crippen LogP) is 1.81. The lowest BCUT2D eigenvalue weighted by Crippen LogP contribution is -2.48. The Bertz CT molecular complexity index is 781. The molecule has 0 saturated carbocycles. The number of ether oxygens (including phenoxy) is 1. The summed E-state index contributed by atoms with van der Waals surface area (Å²) in [5, 5.41) is 10.2. The molecule has 0 radical (unpaired) electrons. The molecule has 2 aliphatic heterocycles. The van der Waals surface area contributed by atoms with Gasteiger partial charge in [0.05, 0.1) is 5.69 Å². The van der Waals surface area contributed by atoms with Crippen LogP contribution in [0.2, 0.25) is 0 Å². The van der Waals surface area contributed by atoms with Gasteiger partial charge in [-0.25, -0.2) is 4.79 Å². The number of nitrogens with one attached hydrogen (secondary N) is 2. The predicted molar refractivity (Wildman–Crippen MR) is 94.7 cm³/mol. The average molecular weight is 354 g/mol. The van der Waals surface area contributed by atoms with Gasteiger partial charge in [-0.3, -0.25) is 9.89 Å². The summed E-state index contributed by atoms with van der Waals surface area (Å²) in [4.78, 5) is 25.3. The summed E-state index contributed by atoms with van der Waals surface area (Å²) in [7, 11) is 0. The third-order valence-electron chi connectivity index (χ3n) is 5.08. The highest BCUT2D eigenvalue weighted by Crippen LogP contribution is 2.28. The number of aromatic nitrogens is 2. The Morgan fingerprint density at radius 1 is 1.23 bits per heavy atom. The molecule has 0 bridgehead atoms. The van der Waals surface area contributed by atoms with Crippen LogP contribution in [0, 0.1) is 0 Å². The van der Waals surface area contributed by atoms with Crippen LogP contribution in [-0.4, -0.2) is 52.8 Å². The van der Waals surface area contributed by atoms with Crippen LogP contribution in [0.3, 0.4) is 0 Å². The zero-order valence-electron chi connectivity index (χ0n) is 14.5. The van der Waals surface area contributed by atoms with Crippen LogP contribution in [0.1, 0.15) is 35.7 Å². The fourth-order valence-corrected chi connectivity index (χ4v) is 3.63. The van der Waals surface area contributed by atoms with Crippen molar-refractivity contribution >= 4 is 12.0 Å². The molecule has 2 aliphatic rings. The van der Waals surface area contributed by atoms with E-state index in [1.807, 2.05) is 23.1 Å². The molecule has 2 aromatic rings. The second-order valence-corrected chi connectivity index (χ2v) is 6.88. The minimum atomic E-state index is -0.540. The van der Waals surface area contributed by atoms with E-state index in [4.69, 9.17) is 4.74 Å². The Morgan fingerprint density at radius 3 is 2.69 bits per heavy atom. The summed E-state index contributed by atoms with van der Waals surface area (Å²) >= 11 is 0. The van der Waals surface area contributed by atoms with Crippen LogP contribution in [-0.2, 0) is 16.0 Å².